The molecule has 1 atom stereocenters. The van der Waals surface area contributed by atoms with Gasteiger partial charge in [-0.3, -0.25) is 9.59 Å². The molecule has 1 saturated heterocycles. The van der Waals surface area contributed by atoms with Crippen LogP contribution in [0, 0.1) is 0 Å². The van der Waals surface area contributed by atoms with Crippen molar-refractivity contribution in [1.29, 1.82) is 0 Å². The SMILES string of the molecule is CCN(CC(N)=O)C(=O)c1noc(C2CCCN2)n1. The number of carbonyl (C=O) groups excluding carboxylic acids is 2. The van der Waals surface area contributed by atoms with Crippen LogP contribution in [-0.2, 0) is 4.79 Å². The Balaban J connectivity index is 2.08. The molecule has 0 saturated carbocycles. The predicted molar refractivity (Wildman–Crippen MR) is 65.0 cm³/mol. The van der Waals surface area contributed by atoms with E-state index in [-0.39, 0.29) is 18.4 Å². The molecule has 8 nitrogen and oxygen atoms in total. The minimum atomic E-state index is -0.573. The molecule has 1 aliphatic heterocycles. The second-order valence-corrected chi connectivity index (χ2v) is 4.39. The molecule has 1 aliphatic rings. The summed E-state index contributed by atoms with van der Waals surface area (Å²) < 4.78 is 5.08. The highest BCUT2D eigenvalue weighted by Crippen LogP contribution is 2.21. The molecular formula is C11H17N5O3. The average Bonchev–Trinajstić information content (AvgIpc) is 3.04. The number of amides is 2. The zero-order valence-corrected chi connectivity index (χ0v) is 10.8. The number of hydrogen-bond donors (Lipinski definition) is 2. The molecule has 19 heavy (non-hydrogen) atoms. The Morgan fingerprint density at radius 3 is 2.95 bits per heavy atom. The maximum atomic E-state index is 12.1. The zero-order valence-electron chi connectivity index (χ0n) is 10.8. The van der Waals surface area contributed by atoms with Gasteiger partial charge < -0.3 is 20.5 Å². The van der Waals surface area contributed by atoms with E-state index >= 15 is 0 Å². The maximum Gasteiger partial charge on any atom is 0.295 e. The predicted octanol–water partition coefficient (Wildman–Crippen LogP) is -0.558. The van der Waals surface area contributed by atoms with Crippen LogP contribution in [-0.4, -0.2) is 46.5 Å². The minimum absolute atomic E-state index is 0.0141. The van der Waals surface area contributed by atoms with Gasteiger partial charge in [0, 0.05) is 6.54 Å². The van der Waals surface area contributed by atoms with Gasteiger partial charge in [0.2, 0.25) is 11.8 Å². The highest BCUT2D eigenvalue weighted by molar-refractivity contribution is 5.93. The van der Waals surface area contributed by atoms with Gasteiger partial charge in [-0.1, -0.05) is 5.16 Å². The van der Waals surface area contributed by atoms with Crippen LogP contribution in [0.15, 0.2) is 4.52 Å². The van der Waals surface area contributed by atoms with Crippen LogP contribution in [0.2, 0.25) is 0 Å². The van der Waals surface area contributed by atoms with Crippen LogP contribution >= 0.6 is 0 Å². The van der Waals surface area contributed by atoms with Gasteiger partial charge in [0.05, 0.1) is 12.6 Å². The van der Waals surface area contributed by atoms with E-state index in [0.717, 1.165) is 19.4 Å². The first kappa shape index (κ1) is 13.5. The van der Waals surface area contributed by atoms with Crippen molar-refractivity contribution in [1.82, 2.24) is 20.4 Å². The molecular weight excluding hydrogens is 250 g/mol. The fraction of sp³-hybridized carbons (Fsp3) is 0.636. The third-order valence-electron chi connectivity index (χ3n) is 3.01. The molecule has 3 N–H and O–H groups in total. The van der Waals surface area contributed by atoms with Crippen molar-refractivity contribution in [2.45, 2.75) is 25.8 Å². The monoisotopic (exact) mass is 267 g/mol. The number of nitrogens with two attached hydrogens (primary N) is 1. The number of nitrogens with zero attached hydrogens (tertiary/aromatic N) is 3. The lowest BCUT2D eigenvalue weighted by atomic mass is 10.2. The van der Waals surface area contributed by atoms with Crippen LogP contribution in [0.4, 0.5) is 0 Å². The third-order valence-corrected chi connectivity index (χ3v) is 3.01. The van der Waals surface area contributed by atoms with Crippen LogP contribution in [0.5, 0.6) is 0 Å². The molecule has 0 radical (unpaired) electrons. The Bertz CT molecular complexity index is 467. The van der Waals surface area contributed by atoms with Crippen molar-refractivity contribution in [2.75, 3.05) is 19.6 Å². The Kier molecular flexibility index (Phi) is 4.10. The molecule has 0 aromatic carbocycles. The Labute approximate surface area is 110 Å². The van der Waals surface area contributed by atoms with Crippen molar-refractivity contribution >= 4 is 11.8 Å². The van der Waals surface area contributed by atoms with E-state index in [2.05, 4.69) is 15.5 Å². The molecule has 1 aromatic rings. The molecule has 1 unspecified atom stereocenters. The summed E-state index contributed by atoms with van der Waals surface area (Å²) in [6, 6.07) is 0.0141. The van der Waals surface area contributed by atoms with Gasteiger partial charge >= 0.3 is 0 Å². The van der Waals surface area contributed by atoms with Gasteiger partial charge in [0.25, 0.3) is 11.7 Å². The molecule has 1 aromatic heterocycles. The van der Waals surface area contributed by atoms with E-state index in [4.69, 9.17) is 10.3 Å². The lowest BCUT2D eigenvalue weighted by Crippen LogP contribution is -2.38. The van der Waals surface area contributed by atoms with Gasteiger partial charge in [0.1, 0.15) is 0 Å². The van der Waals surface area contributed by atoms with E-state index in [0.29, 0.717) is 12.4 Å². The topological polar surface area (TPSA) is 114 Å². The molecule has 2 amide bonds. The number of rotatable bonds is 5. The van der Waals surface area contributed by atoms with Crippen molar-refractivity contribution in [3.8, 4) is 0 Å². The first-order valence-corrected chi connectivity index (χ1v) is 6.26. The van der Waals surface area contributed by atoms with E-state index in [1.165, 1.54) is 4.90 Å². The Morgan fingerprint density at radius 1 is 1.58 bits per heavy atom. The first-order chi connectivity index (χ1) is 9.11. The van der Waals surface area contributed by atoms with E-state index in [1.807, 2.05) is 0 Å². The fourth-order valence-corrected chi connectivity index (χ4v) is 2.02. The standard InChI is InChI=1S/C11H17N5O3/c1-2-16(6-8(12)17)11(18)9-14-10(19-15-9)7-4-3-5-13-7/h7,13H,2-6H2,1H3,(H2,12,17). The van der Waals surface area contributed by atoms with Gasteiger partial charge in [-0.15, -0.1) is 0 Å². The van der Waals surface area contributed by atoms with Gasteiger partial charge in [-0.2, -0.15) is 4.98 Å². The fourth-order valence-electron chi connectivity index (χ4n) is 2.02. The summed E-state index contributed by atoms with van der Waals surface area (Å²) in [4.78, 5) is 28.3. The molecule has 2 heterocycles. The number of nitrogens with one attached hydrogen (secondary N) is 1. The van der Waals surface area contributed by atoms with Gasteiger partial charge in [-0.05, 0) is 26.3 Å². The van der Waals surface area contributed by atoms with Crippen molar-refractivity contribution in [3.63, 3.8) is 0 Å². The van der Waals surface area contributed by atoms with E-state index in [1.54, 1.807) is 6.92 Å². The lowest BCUT2D eigenvalue weighted by molar-refractivity contribution is -0.118. The van der Waals surface area contributed by atoms with Crippen LogP contribution < -0.4 is 11.1 Å². The largest absolute Gasteiger partial charge is 0.368 e. The quantitative estimate of drug-likeness (QED) is 0.739. The molecule has 0 aliphatic carbocycles. The maximum absolute atomic E-state index is 12.1. The lowest BCUT2D eigenvalue weighted by Gasteiger charge is -2.16. The van der Waals surface area contributed by atoms with Gasteiger partial charge in [0.15, 0.2) is 0 Å². The highest BCUT2D eigenvalue weighted by Gasteiger charge is 2.26. The summed E-state index contributed by atoms with van der Waals surface area (Å²) in [7, 11) is 0. The molecule has 0 bridgehead atoms. The Hall–Kier alpha value is -1.96. The molecule has 2 rings (SSSR count). The number of primary amides is 1. The number of carbonyl (C=O) groups is 2. The van der Waals surface area contributed by atoms with Gasteiger partial charge in [-0.25, -0.2) is 0 Å². The second kappa shape index (κ2) is 5.79. The summed E-state index contributed by atoms with van der Waals surface area (Å²) in [5, 5.41) is 6.87. The smallest absolute Gasteiger partial charge is 0.295 e. The van der Waals surface area contributed by atoms with Crippen molar-refractivity contribution in [3.05, 3.63) is 11.7 Å². The van der Waals surface area contributed by atoms with Crippen molar-refractivity contribution < 1.29 is 14.1 Å². The van der Waals surface area contributed by atoms with Crippen LogP contribution in [0.3, 0.4) is 0 Å². The second-order valence-electron chi connectivity index (χ2n) is 4.39. The number of likely N-dealkylation sites (N-methyl/N-ethyl adjacent to an activating group) is 1. The molecule has 104 valence electrons. The average molecular weight is 267 g/mol. The first-order valence-electron chi connectivity index (χ1n) is 6.26. The molecule has 1 fully saturated rings. The summed E-state index contributed by atoms with van der Waals surface area (Å²) >= 11 is 0. The molecule has 8 heteroatoms. The summed E-state index contributed by atoms with van der Waals surface area (Å²) in [6.45, 7) is 2.85. The van der Waals surface area contributed by atoms with Crippen LogP contribution in [0.1, 0.15) is 42.3 Å². The summed E-state index contributed by atoms with van der Waals surface area (Å²) in [5.74, 6) is -0.645. The van der Waals surface area contributed by atoms with E-state index in [9.17, 15) is 9.59 Å². The number of hydrogen-bond acceptors (Lipinski definition) is 6. The van der Waals surface area contributed by atoms with Crippen molar-refractivity contribution in [2.24, 2.45) is 5.73 Å². The third kappa shape index (κ3) is 3.08. The summed E-state index contributed by atoms with van der Waals surface area (Å²) in [6.07, 6.45) is 1.95. The normalized spacial score (nSPS) is 18.5. The number of aromatic nitrogens is 2. The highest BCUT2D eigenvalue weighted by atomic mass is 16.5. The molecule has 0 spiro atoms. The zero-order chi connectivity index (χ0) is 13.8. The Morgan fingerprint density at radius 2 is 2.37 bits per heavy atom. The summed E-state index contributed by atoms with van der Waals surface area (Å²) in [5.41, 5.74) is 5.08. The van der Waals surface area contributed by atoms with Crippen LogP contribution in [0.25, 0.3) is 0 Å². The van der Waals surface area contributed by atoms with E-state index < -0.39 is 11.8 Å². The minimum Gasteiger partial charge on any atom is -0.368 e.